The summed E-state index contributed by atoms with van der Waals surface area (Å²) in [6.45, 7) is 6.96. The maximum atomic E-state index is 12.0. The zero-order valence-electron chi connectivity index (χ0n) is 16.1. The van der Waals surface area contributed by atoms with E-state index < -0.39 is 18.0 Å². The number of aromatic nitrogens is 3. The van der Waals surface area contributed by atoms with Crippen LogP contribution in [0.1, 0.15) is 25.3 Å². The quantitative estimate of drug-likeness (QED) is 0.501. The van der Waals surface area contributed by atoms with Gasteiger partial charge in [0.05, 0.1) is 5.75 Å². The van der Waals surface area contributed by atoms with Crippen molar-refractivity contribution in [1.29, 1.82) is 0 Å². The Balaban J connectivity index is 1.65. The van der Waals surface area contributed by atoms with Gasteiger partial charge in [0.25, 0.3) is 0 Å². The molecule has 1 aliphatic heterocycles. The van der Waals surface area contributed by atoms with E-state index in [1.165, 1.54) is 11.8 Å². The summed E-state index contributed by atoms with van der Waals surface area (Å²) in [6.07, 6.45) is 2.08. The molecule has 0 spiro atoms. The van der Waals surface area contributed by atoms with Crippen LogP contribution in [0.25, 0.3) is 0 Å². The van der Waals surface area contributed by atoms with Crippen molar-refractivity contribution in [2.75, 3.05) is 18.9 Å². The first-order chi connectivity index (χ1) is 14.1. The zero-order valence-corrected chi connectivity index (χ0v) is 16.9. The van der Waals surface area contributed by atoms with Crippen LogP contribution >= 0.6 is 11.8 Å². The van der Waals surface area contributed by atoms with Crippen molar-refractivity contribution >= 4 is 23.7 Å². The van der Waals surface area contributed by atoms with Gasteiger partial charge in [-0.15, -0.1) is 16.8 Å². The number of rotatable bonds is 8. The fourth-order valence-corrected chi connectivity index (χ4v) is 3.42. The molecular formula is C19H23N5O4S. The Hall–Kier alpha value is -3.01. The molecule has 1 atom stereocenters. The molecule has 0 radical (unpaired) electrons. The van der Waals surface area contributed by atoms with Crippen LogP contribution < -0.4 is 20.1 Å². The molecule has 2 N–H and O–H groups in total. The van der Waals surface area contributed by atoms with Gasteiger partial charge in [0.2, 0.25) is 5.91 Å². The summed E-state index contributed by atoms with van der Waals surface area (Å²) in [4.78, 5) is 23.6. The Labute approximate surface area is 172 Å². The minimum Gasteiger partial charge on any atom is -0.485 e. The summed E-state index contributed by atoms with van der Waals surface area (Å²) in [5.41, 5.74) is 0. The van der Waals surface area contributed by atoms with E-state index in [0.717, 1.165) is 6.42 Å². The number of urea groups is 1. The van der Waals surface area contributed by atoms with Crippen LogP contribution in [0.2, 0.25) is 0 Å². The molecule has 1 aromatic heterocycles. The number of allylic oxidation sites excluding steroid dienone is 1. The Morgan fingerprint density at radius 2 is 2.14 bits per heavy atom. The smallest absolute Gasteiger partial charge is 0.321 e. The summed E-state index contributed by atoms with van der Waals surface area (Å²) in [6, 6.07) is 6.92. The number of fused-ring (bicyclic) bond motifs is 1. The lowest BCUT2D eigenvalue weighted by Gasteiger charge is -2.26. The highest BCUT2D eigenvalue weighted by Gasteiger charge is 2.28. The Bertz CT molecular complexity index is 885. The monoisotopic (exact) mass is 417 g/mol. The van der Waals surface area contributed by atoms with Crippen LogP contribution in [0.5, 0.6) is 11.5 Å². The average molecular weight is 417 g/mol. The highest BCUT2D eigenvalue weighted by Crippen LogP contribution is 2.36. The molecule has 1 aromatic carbocycles. The molecule has 0 fully saturated rings. The summed E-state index contributed by atoms with van der Waals surface area (Å²) in [5, 5.41) is 13.8. The fourth-order valence-electron chi connectivity index (χ4n) is 2.67. The topological polar surface area (TPSA) is 107 Å². The lowest BCUT2D eigenvalue weighted by molar-refractivity contribution is -0.117. The molecule has 3 rings (SSSR count). The molecule has 0 unspecified atom stereocenters. The minimum atomic E-state index is -0.503. The van der Waals surface area contributed by atoms with Crippen LogP contribution in [0.15, 0.2) is 42.1 Å². The van der Waals surface area contributed by atoms with E-state index in [4.69, 9.17) is 9.47 Å². The van der Waals surface area contributed by atoms with Crippen molar-refractivity contribution in [3.8, 4) is 11.5 Å². The highest BCUT2D eigenvalue weighted by molar-refractivity contribution is 7.99. The number of benzene rings is 1. The fraction of sp³-hybridized carbons (Fsp3) is 0.368. The molecule has 0 bridgehead atoms. The number of imide groups is 1. The summed E-state index contributed by atoms with van der Waals surface area (Å²) >= 11 is 1.18. The van der Waals surface area contributed by atoms with E-state index in [2.05, 4.69) is 27.4 Å². The number of thioether (sulfide) groups is 1. The molecule has 0 saturated heterocycles. The van der Waals surface area contributed by atoms with E-state index in [9.17, 15) is 9.59 Å². The van der Waals surface area contributed by atoms with Gasteiger partial charge in [-0.2, -0.15) is 0 Å². The van der Waals surface area contributed by atoms with Crippen molar-refractivity contribution in [2.45, 2.75) is 31.1 Å². The molecule has 29 heavy (non-hydrogen) atoms. The van der Waals surface area contributed by atoms with Gasteiger partial charge in [-0.25, -0.2) is 4.79 Å². The van der Waals surface area contributed by atoms with Crippen molar-refractivity contribution in [3.05, 3.63) is 42.7 Å². The second kappa shape index (κ2) is 9.97. The normalized spacial score (nSPS) is 14.9. The average Bonchev–Trinajstić information content (AvgIpc) is 3.13. The number of para-hydroxylation sites is 2. The molecule has 3 amide bonds. The number of nitrogens with zero attached hydrogens (tertiary/aromatic N) is 3. The number of amides is 3. The Morgan fingerprint density at radius 1 is 1.34 bits per heavy atom. The molecule has 0 saturated carbocycles. The van der Waals surface area contributed by atoms with Gasteiger partial charge in [-0.3, -0.25) is 14.7 Å². The molecule has 9 nitrogen and oxygen atoms in total. The Morgan fingerprint density at radius 3 is 2.90 bits per heavy atom. The van der Waals surface area contributed by atoms with Crippen molar-refractivity contribution in [2.24, 2.45) is 0 Å². The van der Waals surface area contributed by atoms with Gasteiger partial charge < -0.3 is 14.8 Å². The van der Waals surface area contributed by atoms with E-state index >= 15 is 0 Å². The third kappa shape index (κ3) is 5.29. The molecule has 154 valence electrons. The van der Waals surface area contributed by atoms with Gasteiger partial charge in [-0.05, 0) is 18.6 Å². The SMILES string of the molecule is C=CCn1c(SCC(=O)NC(=O)NCCC)nnc1[C@H]1COc2ccccc2O1. The molecule has 2 aromatic rings. The van der Waals surface area contributed by atoms with Crippen molar-refractivity contribution in [3.63, 3.8) is 0 Å². The second-order valence-electron chi connectivity index (χ2n) is 6.20. The largest absolute Gasteiger partial charge is 0.485 e. The maximum absolute atomic E-state index is 12.0. The molecule has 2 heterocycles. The standard InChI is InChI=1S/C19H23N5O4S/c1-3-9-20-18(26)21-16(25)12-29-19-23-22-17(24(19)10-4-2)15-11-27-13-7-5-6-8-14(13)28-15/h4-8,15H,2-3,9-12H2,1H3,(H2,20,21,25,26)/t15-/m1/s1. The summed E-state index contributed by atoms with van der Waals surface area (Å²) < 4.78 is 13.6. The van der Waals surface area contributed by atoms with Crippen LogP contribution in [0.4, 0.5) is 4.79 Å². The predicted molar refractivity (Wildman–Crippen MR) is 108 cm³/mol. The minimum absolute atomic E-state index is 0.0275. The lowest BCUT2D eigenvalue weighted by Crippen LogP contribution is -2.40. The number of hydrogen-bond donors (Lipinski definition) is 2. The van der Waals surface area contributed by atoms with Gasteiger partial charge in [0.15, 0.2) is 28.6 Å². The van der Waals surface area contributed by atoms with E-state index in [1.807, 2.05) is 35.8 Å². The van der Waals surface area contributed by atoms with Crippen LogP contribution in [0, 0.1) is 0 Å². The zero-order chi connectivity index (χ0) is 20.6. The lowest BCUT2D eigenvalue weighted by atomic mass is 10.2. The van der Waals surface area contributed by atoms with Gasteiger partial charge in [-0.1, -0.05) is 36.9 Å². The maximum Gasteiger partial charge on any atom is 0.321 e. The highest BCUT2D eigenvalue weighted by atomic mass is 32.2. The first kappa shape index (κ1) is 20.7. The number of nitrogens with one attached hydrogen (secondary N) is 2. The number of ether oxygens (including phenoxy) is 2. The first-order valence-electron chi connectivity index (χ1n) is 9.25. The second-order valence-corrected chi connectivity index (χ2v) is 7.14. The van der Waals surface area contributed by atoms with E-state index in [1.54, 1.807) is 6.08 Å². The third-order valence-corrected chi connectivity index (χ3v) is 4.94. The van der Waals surface area contributed by atoms with Crippen LogP contribution in [-0.2, 0) is 11.3 Å². The molecule has 1 aliphatic rings. The van der Waals surface area contributed by atoms with E-state index in [0.29, 0.717) is 42.2 Å². The first-order valence-corrected chi connectivity index (χ1v) is 10.2. The van der Waals surface area contributed by atoms with Gasteiger partial charge in [0, 0.05) is 13.1 Å². The predicted octanol–water partition coefficient (Wildman–Crippen LogP) is 2.30. The van der Waals surface area contributed by atoms with Crippen LogP contribution in [-0.4, -0.2) is 45.6 Å². The number of hydrogen-bond acceptors (Lipinski definition) is 7. The summed E-state index contributed by atoms with van der Waals surface area (Å²) in [5.74, 6) is 1.53. The van der Waals surface area contributed by atoms with Crippen molar-refractivity contribution in [1.82, 2.24) is 25.4 Å². The Kier molecular flexibility index (Phi) is 7.12. The van der Waals surface area contributed by atoms with Gasteiger partial charge in [0.1, 0.15) is 6.61 Å². The van der Waals surface area contributed by atoms with Crippen molar-refractivity contribution < 1.29 is 19.1 Å². The number of carbonyl (C=O) groups excluding carboxylic acids is 2. The molecule has 10 heteroatoms. The van der Waals surface area contributed by atoms with Crippen LogP contribution in [0.3, 0.4) is 0 Å². The van der Waals surface area contributed by atoms with Gasteiger partial charge >= 0.3 is 6.03 Å². The molecular weight excluding hydrogens is 394 g/mol. The summed E-state index contributed by atoms with van der Waals surface area (Å²) in [7, 11) is 0. The van der Waals surface area contributed by atoms with E-state index in [-0.39, 0.29) is 5.75 Å². The third-order valence-electron chi connectivity index (χ3n) is 3.97. The number of carbonyl (C=O) groups is 2. The molecule has 0 aliphatic carbocycles.